The highest BCUT2D eigenvalue weighted by Crippen LogP contribution is 2.35. The summed E-state index contributed by atoms with van der Waals surface area (Å²) >= 11 is 0. The molecule has 0 saturated heterocycles. The van der Waals surface area contributed by atoms with Gasteiger partial charge in [0.25, 0.3) is 0 Å². The van der Waals surface area contributed by atoms with Crippen LogP contribution in [0.2, 0.25) is 0 Å². The van der Waals surface area contributed by atoms with Crippen molar-refractivity contribution in [2.45, 2.75) is 58.3 Å². The van der Waals surface area contributed by atoms with Crippen LogP contribution in [0.1, 0.15) is 58.3 Å². The molecule has 0 bridgehead atoms. The van der Waals surface area contributed by atoms with E-state index in [4.69, 9.17) is 0 Å². The van der Waals surface area contributed by atoms with Crippen LogP contribution in [0.5, 0.6) is 0 Å². The van der Waals surface area contributed by atoms with Crippen LogP contribution in [-0.2, 0) is 4.79 Å². The van der Waals surface area contributed by atoms with Crippen LogP contribution in [0.3, 0.4) is 0 Å². The zero-order chi connectivity index (χ0) is 15.4. The number of carbonyl (C=O) groups excluding carboxylic acids is 1. The summed E-state index contributed by atoms with van der Waals surface area (Å²) in [6.45, 7) is 2.04. The van der Waals surface area contributed by atoms with Crippen LogP contribution in [-0.4, -0.2) is 10.8 Å². The Hall–Kier alpha value is -1.64. The summed E-state index contributed by atoms with van der Waals surface area (Å²) in [6, 6.07) is 5.76. The first kappa shape index (κ1) is 15.3. The molecule has 3 heteroatoms. The molecule has 118 valence electrons. The normalized spacial score (nSPS) is 23.1. The molecule has 1 fully saturated rings. The van der Waals surface area contributed by atoms with Crippen molar-refractivity contribution < 1.29 is 4.79 Å². The summed E-state index contributed by atoms with van der Waals surface area (Å²) in [6.07, 6.45) is 11.9. The fourth-order valence-corrected chi connectivity index (χ4v) is 3.78. The number of allylic oxidation sites excluding steroid dienone is 2. The molecular weight excluding hydrogens is 272 g/mol. The summed E-state index contributed by atoms with van der Waals surface area (Å²) in [7, 11) is 0. The van der Waals surface area contributed by atoms with Gasteiger partial charge < -0.3 is 5.32 Å². The molecule has 1 N–H and O–H groups in total. The maximum Gasteiger partial charge on any atom is 0.182 e. The van der Waals surface area contributed by atoms with Crippen LogP contribution in [0.25, 0.3) is 0 Å². The minimum Gasteiger partial charge on any atom is -0.337 e. The third-order valence-corrected chi connectivity index (χ3v) is 5.10. The first-order chi connectivity index (χ1) is 10.7. The second-order valence-corrected chi connectivity index (χ2v) is 6.83. The molecule has 0 aromatic carbocycles. The quantitative estimate of drug-likeness (QED) is 0.855. The summed E-state index contributed by atoms with van der Waals surface area (Å²) in [5.41, 5.74) is 2.13. The van der Waals surface area contributed by atoms with Crippen molar-refractivity contribution in [3.63, 3.8) is 0 Å². The first-order valence-corrected chi connectivity index (χ1v) is 8.68. The average Bonchev–Trinajstić information content (AvgIpc) is 2.83. The van der Waals surface area contributed by atoms with E-state index in [-0.39, 0.29) is 11.7 Å². The maximum atomic E-state index is 12.4. The highest BCUT2D eigenvalue weighted by Gasteiger charge is 2.30. The summed E-state index contributed by atoms with van der Waals surface area (Å²) < 4.78 is 0. The van der Waals surface area contributed by atoms with Gasteiger partial charge in [-0.1, -0.05) is 45.1 Å². The van der Waals surface area contributed by atoms with E-state index in [2.05, 4.69) is 10.3 Å². The molecule has 1 unspecified atom stereocenters. The van der Waals surface area contributed by atoms with Crippen LogP contribution in [0.4, 0.5) is 5.82 Å². The van der Waals surface area contributed by atoms with Crippen LogP contribution in [0, 0.1) is 11.8 Å². The van der Waals surface area contributed by atoms with Crippen molar-refractivity contribution in [3.8, 4) is 0 Å². The van der Waals surface area contributed by atoms with Crippen molar-refractivity contribution >= 4 is 11.6 Å². The van der Waals surface area contributed by atoms with Gasteiger partial charge in [0.1, 0.15) is 5.82 Å². The predicted molar refractivity (Wildman–Crippen MR) is 89.5 cm³/mol. The Labute approximate surface area is 133 Å². The Morgan fingerprint density at radius 3 is 2.77 bits per heavy atom. The smallest absolute Gasteiger partial charge is 0.182 e. The van der Waals surface area contributed by atoms with Crippen LogP contribution >= 0.6 is 0 Å². The lowest BCUT2D eigenvalue weighted by Crippen LogP contribution is -2.13. The lowest BCUT2D eigenvalue weighted by atomic mass is 9.85. The van der Waals surface area contributed by atoms with E-state index in [1.165, 1.54) is 44.1 Å². The molecule has 1 saturated carbocycles. The maximum absolute atomic E-state index is 12.4. The molecular formula is C19H26N2O. The van der Waals surface area contributed by atoms with E-state index in [0.29, 0.717) is 0 Å². The molecule has 2 aliphatic rings. The third kappa shape index (κ3) is 3.57. The van der Waals surface area contributed by atoms with E-state index in [1.54, 1.807) is 6.20 Å². The molecule has 0 radical (unpaired) electrons. The minimum atomic E-state index is 0.118. The van der Waals surface area contributed by atoms with Gasteiger partial charge in [-0.15, -0.1) is 0 Å². The zero-order valence-electron chi connectivity index (χ0n) is 13.5. The van der Waals surface area contributed by atoms with Gasteiger partial charge >= 0.3 is 0 Å². The fraction of sp³-hybridized carbons (Fsp3) is 0.579. The van der Waals surface area contributed by atoms with E-state index in [0.717, 1.165) is 30.3 Å². The van der Waals surface area contributed by atoms with Gasteiger partial charge in [-0.2, -0.15) is 0 Å². The summed E-state index contributed by atoms with van der Waals surface area (Å²) in [4.78, 5) is 16.7. The Bertz CT molecular complexity index is 544. The number of nitrogens with zero attached hydrogens (tertiary/aromatic N) is 1. The lowest BCUT2D eigenvalue weighted by molar-refractivity contribution is -0.117. The van der Waals surface area contributed by atoms with Crippen LogP contribution in [0.15, 0.2) is 35.7 Å². The monoisotopic (exact) mass is 298 g/mol. The highest BCUT2D eigenvalue weighted by atomic mass is 16.1. The van der Waals surface area contributed by atoms with Gasteiger partial charge in [0.05, 0.1) is 5.70 Å². The number of anilines is 1. The Kier molecular flexibility index (Phi) is 4.91. The number of Topliss-reactive ketones (excluding diaryl/α,β-unsaturated/α-hetero) is 1. The van der Waals surface area contributed by atoms with Crippen molar-refractivity contribution in [2.75, 3.05) is 5.32 Å². The number of carbonyl (C=O) groups is 1. The Morgan fingerprint density at radius 1 is 1.23 bits per heavy atom. The van der Waals surface area contributed by atoms with Gasteiger partial charge in [-0.3, -0.25) is 4.79 Å². The van der Waals surface area contributed by atoms with Crippen molar-refractivity contribution in [1.29, 1.82) is 0 Å². The van der Waals surface area contributed by atoms with E-state index in [9.17, 15) is 4.79 Å². The van der Waals surface area contributed by atoms with Crippen molar-refractivity contribution in [3.05, 3.63) is 35.7 Å². The number of nitrogens with one attached hydrogen (secondary N) is 1. The molecule has 0 spiro atoms. The summed E-state index contributed by atoms with van der Waals surface area (Å²) in [5, 5.41) is 3.28. The molecule has 3 nitrogen and oxygen atoms in total. The molecule has 0 aliphatic heterocycles. The molecule has 1 atom stereocenters. The van der Waals surface area contributed by atoms with Gasteiger partial charge in [-0.25, -0.2) is 4.98 Å². The minimum absolute atomic E-state index is 0.118. The average molecular weight is 298 g/mol. The molecule has 1 aromatic heterocycles. The van der Waals surface area contributed by atoms with Gasteiger partial charge in [0, 0.05) is 12.1 Å². The zero-order valence-corrected chi connectivity index (χ0v) is 13.5. The number of ketones is 1. The first-order valence-electron chi connectivity index (χ1n) is 8.68. The number of hydrogen-bond acceptors (Lipinski definition) is 3. The standard InChI is InChI=1S/C19H26N2O/c1-14-13-16(11-10-15-7-3-2-4-8-15)18(19(14)22)21-17-9-5-6-12-20-17/h5-6,9,12,14-15H,2-4,7-8,10-11,13H2,1H3,(H,20,21). The topological polar surface area (TPSA) is 42.0 Å². The second-order valence-electron chi connectivity index (χ2n) is 6.83. The number of rotatable bonds is 5. The largest absolute Gasteiger partial charge is 0.337 e. The van der Waals surface area contributed by atoms with Gasteiger partial charge in [-0.05, 0) is 42.9 Å². The second kappa shape index (κ2) is 7.08. The van der Waals surface area contributed by atoms with E-state index >= 15 is 0 Å². The fourth-order valence-electron chi connectivity index (χ4n) is 3.78. The SMILES string of the molecule is CC1CC(CCC2CCCCC2)=C(Nc2ccccn2)C1=O. The Balaban J connectivity index is 1.68. The van der Waals surface area contributed by atoms with Crippen molar-refractivity contribution in [1.82, 2.24) is 4.98 Å². The molecule has 1 heterocycles. The van der Waals surface area contributed by atoms with Crippen molar-refractivity contribution in [2.24, 2.45) is 11.8 Å². The Morgan fingerprint density at radius 2 is 2.05 bits per heavy atom. The van der Waals surface area contributed by atoms with Gasteiger partial charge in [0.15, 0.2) is 5.78 Å². The summed E-state index contributed by atoms with van der Waals surface area (Å²) in [5.74, 6) is 2.01. The number of pyridine rings is 1. The highest BCUT2D eigenvalue weighted by molar-refractivity contribution is 6.02. The van der Waals surface area contributed by atoms with Gasteiger partial charge in [0.2, 0.25) is 0 Å². The lowest BCUT2D eigenvalue weighted by Gasteiger charge is -2.21. The molecule has 0 amide bonds. The number of aromatic nitrogens is 1. The third-order valence-electron chi connectivity index (χ3n) is 5.10. The number of hydrogen-bond donors (Lipinski definition) is 1. The molecule has 22 heavy (non-hydrogen) atoms. The van der Waals surface area contributed by atoms with E-state index < -0.39 is 0 Å². The molecule has 3 rings (SSSR count). The van der Waals surface area contributed by atoms with Crippen LogP contribution < -0.4 is 5.32 Å². The predicted octanol–water partition coefficient (Wildman–Crippen LogP) is 4.72. The van der Waals surface area contributed by atoms with E-state index in [1.807, 2.05) is 25.1 Å². The molecule has 2 aliphatic carbocycles. The molecule has 1 aromatic rings.